The molecular weight excluding hydrogens is 276 g/mol. The minimum Gasteiger partial charge on any atom is -0.481 e. The number of methoxy groups -OCH3 is 1. The molecular formula is C14H18N2O5. The van der Waals surface area contributed by atoms with Crippen LogP contribution in [-0.4, -0.2) is 36.6 Å². The Morgan fingerprint density at radius 2 is 1.71 bits per heavy atom. The lowest BCUT2D eigenvalue weighted by atomic mass is 10.2. The van der Waals surface area contributed by atoms with Crippen molar-refractivity contribution < 1.29 is 24.2 Å². The van der Waals surface area contributed by atoms with E-state index in [1.807, 2.05) is 0 Å². The SMILES string of the molecule is COCC(=O)Nc1cccc(NC(=O)CCCC(=O)O)c1. The summed E-state index contributed by atoms with van der Waals surface area (Å²) in [5, 5.41) is 13.8. The number of rotatable bonds is 8. The number of amides is 2. The Bertz CT molecular complexity index is 516. The number of carboxylic acids is 1. The molecule has 1 rings (SSSR count). The average molecular weight is 294 g/mol. The Kier molecular flexibility index (Phi) is 6.90. The zero-order valence-corrected chi connectivity index (χ0v) is 11.7. The van der Waals surface area contributed by atoms with Gasteiger partial charge in [0.05, 0.1) is 0 Å². The Balaban J connectivity index is 2.50. The molecule has 0 aliphatic rings. The Morgan fingerprint density at radius 1 is 1.10 bits per heavy atom. The monoisotopic (exact) mass is 294 g/mol. The van der Waals surface area contributed by atoms with Gasteiger partial charge in [0.25, 0.3) is 0 Å². The molecule has 2 amide bonds. The lowest BCUT2D eigenvalue weighted by molar-refractivity contribution is -0.137. The molecule has 0 radical (unpaired) electrons. The zero-order valence-electron chi connectivity index (χ0n) is 11.7. The normalized spacial score (nSPS) is 9.95. The van der Waals surface area contributed by atoms with E-state index in [1.54, 1.807) is 24.3 Å². The molecule has 0 aliphatic heterocycles. The van der Waals surface area contributed by atoms with Crippen LogP contribution >= 0.6 is 0 Å². The first-order valence-electron chi connectivity index (χ1n) is 6.41. The molecule has 0 bridgehead atoms. The van der Waals surface area contributed by atoms with Crippen molar-refractivity contribution in [3.63, 3.8) is 0 Å². The first-order chi connectivity index (χ1) is 10.0. The van der Waals surface area contributed by atoms with Crippen molar-refractivity contribution in [2.45, 2.75) is 19.3 Å². The third-order valence-electron chi connectivity index (χ3n) is 2.50. The molecule has 0 aliphatic carbocycles. The Hall–Kier alpha value is -2.41. The van der Waals surface area contributed by atoms with Gasteiger partial charge in [-0.05, 0) is 24.6 Å². The van der Waals surface area contributed by atoms with Crippen LogP contribution in [0.3, 0.4) is 0 Å². The quantitative estimate of drug-likeness (QED) is 0.673. The maximum atomic E-state index is 11.6. The van der Waals surface area contributed by atoms with Crippen molar-refractivity contribution in [1.82, 2.24) is 0 Å². The van der Waals surface area contributed by atoms with Gasteiger partial charge in [-0.1, -0.05) is 6.07 Å². The number of carbonyl (C=O) groups excluding carboxylic acids is 2. The number of benzene rings is 1. The molecule has 3 N–H and O–H groups in total. The van der Waals surface area contributed by atoms with Crippen LogP contribution in [0.5, 0.6) is 0 Å². The molecule has 7 nitrogen and oxygen atoms in total. The highest BCUT2D eigenvalue weighted by atomic mass is 16.5. The molecule has 0 fully saturated rings. The Morgan fingerprint density at radius 3 is 2.29 bits per heavy atom. The fourth-order valence-corrected chi connectivity index (χ4v) is 1.63. The second-order valence-corrected chi connectivity index (χ2v) is 4.36. The summed E-state index contributed by atoms with van der Waals surface area (Å²) in [5.41, 5.74) is 1.07. The summed E-state index contributed by atoms with van der Waals surface area (Å²) in [4.78, 5) is 33.3. The van der Waals surface area contributed by atoms with Gasteiger partial charge in [0.15, 0.2) is 0 Å². The summed E-state index contributed by atoms with van der Waals surface area (Å²) < 4.78 is 4.70. The lowest BCUT2D eigenvalue weighted by Crippen LogP contribution is -2.17. The smallest absolute Gasteiger partial charge is 0.303 e. The van der Waals surface area contributed by atoms with Gasteiger partial charge in [-0.2, -0.15) is 0 Å². The van der Waals surface area contributed by atoms with E-state index in [0.717, 1.165) is 0 Å². The fraction of sp³-hybridized carbons (Fsp3) is 0.357. The minimum absolute atomic E-state index is 0.0411. The summed E-state index contributed by atoms with van der Waals surface area (Å²) in [6.45, 7) is -0.0498. The fourth-order valence-electron chi connectivity index (χ4n) is 1.63. The van der Waals surface area contributed by atoms with E-state index in [-0.39, 0.29) is 37.7 Å². The van der Waals surface area contributed by atoms with E-state index in [0.29, 0.717) is 11.4 Å². The largest absolute Gasteiger partial charge is 0.481 e. The van der Waals surface area contributed by atoms with Crippen molar-refractivity contribution in [3.05, 3.63) is 24.3 Å². The number of hydrogen-bond acceptors (Lipinski definition) is 4. The molecule has 0 heterocycles. The summed E-state index contributed by atoms with van der Waals surface area (Å²) in [7, 11) is 1.42. The van der Waals surface area contributed by atoms with Gasteiger partial charge in [-0.15, -0.1) is 0 Å². The van der Waals surface area contributed by atoms with Crippen molar-refractivity contribution in [2.75, 3.05) is 24.4 Å². The molecule has 7 heteroatoms. The average Bonchev–Trinajstić information content (AvgIpc) is 2.38. The number of carbonyl (C=O) groups is 3. The number of carboxylic acid groups (broad SMARTS) is 1. The van der Waals surface area contributed by atoms with Gasteiger partial charge < -0.3 is 20.5 Å². The van der Waals surface area contributed by atoms with Crippen LogP contribution in [0.2, 0.25) is 0 Å². The summed E-state index contributed by atoms with van der Waals surface area (Å²) in [5.74, 6) is -1.48. The highest BCUT2D eigenvalue weighted by Gasteiger charge is 2.06. The predicted molar refractivity (Wildman–Crippen MR) is 77.1 cm³/mol. The maximum absolute atomic E-state index is 11.6. The Labute approximate surface area is 122 Å². The number of nitrogens with one attached hydrogen (secondary N) is 2. The van der Waals surface area contributed by atoms with Gasteiger partial charge in [0.1, 0.15) is 6.61 Å². The molecule has 1 aromatic rings. The van der Waals surface area contributed by atoms with E-state index in [9.17, 15) is 14.4 Å². The predicted octanol–water partition coefficient (Wildman–Crippen LogP) is 1.46. The standard InChI is InChI=1S/C14H18N2O5/c1-21-9-13(18)16-11-5-2-4-10(8-11)15-12(17)6-3-7-14(19)20/h2,4-5,8H,3,6-7,9H2,1H3,(H,15,17)(H,16,18)(H,19,20). The van der Waals surface area contributed by atoms with E-state index in [1.165, 1.54) is 7.11 Å². The summed E-state index contributed by atoms with van der Waals surface area (Å²) >= 11 is 0. The maximum Gasteiger partial charge on any atom is 0.303 e. The number of hydrogen-bond donors (Lipinski definition) is 3. The number of aliphatic carboxylic acids is 1. The third kappa shape index (κ3) is 7.07. The van der Waals surface area contributed by atoms with Crippen molar-refractivity contribution in [2.24, 2.45) is 0 Å². The van der Waals surface area contributed by atoms with E-state index < -0.39 is 5.97 Å². The second-order valence-electron chi connectivity index (χ2n) is 4.36. The third-order valence-corrected chi connectivity index (χ3v) is 2.50. The van der Waals surface area contributed by atoms with Crippen LogP contribution in [0, 0.1) is 0 Å². The molecule has 0 spiro atoms. The van der Waals surface area contributed by atoms with Crippen LogP contribution in [0.25, 0.3) is 0 Å². The van der Waals surface area contributed by atoms with Gasteiger partial charge >= 0.3 is 5.97 Å². The van der Waals surface area contributed by atoms with Crippen LogP contribution in [-0.2, 0) is 19.1 Å². The van der Waals surface area contributed by atoms with Crippen molar-refractivity contribution in [1.29, 1.82) is 0 Å². The summed E-state index contributed by atoms with van der Waals surface area (Å²) in [6, 6.07) is 6.67. The summed E-state index contributed by atoms with van der Waals surface area (Å²) in [6.07, 6.45) is 0.374. The topological polar surface area (TPSA) is 105 Å². The highest BCUT2D eigenvalue weighted by molar-refractivity contribution is 5.94. The van der Waals surface area contributed by atoms with Gasteiger partial charge in [0.2, 0.25) is 11.8 Å². The van der Waals surface area contributed by atoms with Gasteiger partial charge in [0, 0.05) is 31.3 Å². The first kappa shape index (κ1) is 16.6. The molecule has 114 valence electrons. The lowest BCUT2D eigenvalue weighted by Gasteiger charge is -2.08. The van der Waals surface area contributed by atoms with Crippen molar-refractivity contribution in [3.8, 4) is 0 Å². The van der Waals surface area contributed by atoms with Crippen LogP contribution in [0.4, 0.5) is 11.4 Å². The van der Waals surface area contributed by atoms with Crippen LogP contribution < -0.4 is 10.6 Å². The molecule has 1 aromatic carbocycles. The highest BCUT2D eigenvalue weighted by Crippen LogP contribution is 2.15. The van der Waals surface area contributed by atoms with Crippen LogP contribution in [0.1, 0.15) is 19.3 Å². The molecule has 21 heavy (non-hydrogen) atoms. The zero-order chi connectivity index (χ0) is 15.7. The van der Waals surface area contributed by atoms with E-state index in [2.05, 4.69) is 10.6 Å². The minimum atomic E-state index is -0.925. The van der Waals surface area contributed by atoms with Crippen molar-refractivity contribution >= 4 is 29.2 Å². The molecule has 0 aromatic heterocycles. The molecule has 0 saturated heterocycles. The molecule has 0 unspecified atom stereocenters. The van der Waals surface area contributed by atoms with Gasteiger partial charge in [-0.25, -0.2) is 0 Å². The second kappa shape index (κ2) is 8.70. The van der Waals surface area contributed by atoms with E-state index >= 15 is 0 Å². The van der Waals surface area contributed by atoms with Crippen LogP contribution in [0.15, 0.2) is 24.3 Å². The number of ether oxygens (including phenoxy) is 1. The molecule has 0 saturated carbocycles. The first-order valence-corrected chi connectivity index (χ1v) is 6.41. The van der Waals surface area contributed by atoms with E-state index in [4.69, 9.17) is 9.84 Å². The number of anilines is 2. The molecule has 0 atom stereocenters. The van der Waals surface area contributed by atoms with Gasteiger partial charge in [-0.3, -0.25) is 14.4 Å².